The molecule has 5 rings (SSSR count). The van der Waals surface area contributed by atoms with Gasteiger partial charge in [0.2, 0.25) is 4.96 Å². The van der Waals surface area contributed by atoms with E-state index in [1.54, 1.807) is 23.4 Å². The number of anilines is 1. The highest BCUT2D eigenvalue weighted by molar-refractivity contribution is 9.10. The molecule has 0 saturated carbocycles. The Labute approximate surface area is 183 Å². The number of pyridine rings is 1. The zero-order valence-corrected chi connectivity index (χ0v) is 18.4. The minimum absolute atomic E-state index is 0.148. The Morgan fingerprint density at radius 3 is 2.80 bits per heavy atom. The second-order valence-electron chi connectivity index (χ2n) is 6.95. The molecule has 0 atom stereocenters. The van der Waals surface area contributed by atoms with Crippen molar-refractivity contribution in [3.63, 3.8) is 0 Å². The number of carbonyl (C=O) groups excluding carboxylic acids is 1. The van der Waals surface area contributed by atoms with Gasteiger partial charge in [-0.3, -0.25) is 14.6 Å². The van der Waals surface area contributed by atoms with Crippen LogP contribution >= 0.6 is 27.3 Å². The van der Waals surface area contributed by atoms with Crippen molar-refractivity contribution in [2.45, 2.75) is 19.8 Å². The molecule has 1 amide bonds. The SMILES string of the molecule is CCCCN1C(=O)C(=c2sc3nc(-c4cccnc4)nn3c2=O)c2cc(Br)ccc21. The van der Waals surface area contributed by atoms with Gasteiger partial charge in [-0.15, -0.1) is 5.10 Å². The highest BCUT2D eigenvalue weighted by Crippen LogP contribution is 2.37. The van der Waals surface area contributed by atoms with Gasteiger partial charge in [-0.05, 0) is 36.8 Å². The topological polar surface area (TPSA) is 80.5 Å². The van der Waals surface area contributed by atoms with Crippen LogP contribution in [0.5, 0.6) is 0 Å². The maximum atomic E-state index is 13.3. The van der Waals surface area contributed by atoms with Crippen molar-refractivity contribution in [1.29, 1.82) is 0 Å². The van der Waals surface area contributed by atoms with E-state index in [1.165, 1.54) is 15.9 Å². The first-order valence-electron chi connectivity index (χ1n) is 9.54. The summed E-state index contributed by atoms with van der Waals surface area (Å²) in [6, 6.07) is 9.36. The highest BCUT2D eigenvalue weighted by Gasteiger charge is 2.34. The second kappa shape index (κ2) is 7.41. The van der Waals surface area contributed by atoms with E-state index in [-0.39, 0.29) is 11.5 Å². The van der Waals surface area contributed by atoms with Crippen molar-refractivity contribution in [2.24, 2.45) is 0 Å². The van der Waals surface area contributed by atoms with E-state index in [2.05, 4.69) is 37.9 Å². The Hall–Kier alpha value is -2.91. The number of nitrogens with zero attached hydrogens (tertiary/aromatic N) is 5. The van der Waals surface area contributed by atoms with E-state index in [0.29, 0.717) is 27.4 Å². The third-order valence-electron chi connectivity index (χ3n) is 5.02. The number of aromatic nitrogens is 4. The second-order valence-corrected chi connectivity index (χ2v) is 8.85. The number of hydrogen-bond acceptors (Lipinski definition) is 6. The number of halogens is 1. The maximum Gasteiger partial charge on any atom is 0.291 e. The fourth-order valence-corrected chi connectivity index (χ4v) is 4.92. The monoisotopic (exact) mass is 481 g/mol. The molecule has 0 unspecified atom stereocenters. The molecule has 1 aromatic carbocycles. The van der Waals surface area contributed by atoms with Gasteiger partial charge in [-0.2, -0.15) is 9.50 Å². The minimum Gasteiger partial charge on any atom is -0.308 e. The minimum atomic E-state index is -0.329. The number of benzene rings is 1. The standard InChI is InChI=1S/C21H16BrN5O2S/c1-2-3-9-26-15-7-6-13(22)10-14(15)16(19(26)28)17-20(29)27-21(30-17)24-18(25-27)12-5-4-8-23-11-12/h4-8,10-11H,2-3,9H2,1H3. The van der Waals surface area contributed by atoms with Crippen molar-refractivity contribution < 1.29 is 4.79 Å². The average molecular weight is 482 g/mol. The zero-order chi connectivity index (χ0) is 20.8. The Kier molecular flexibility index (Phi) is 4.71. The number of fused-ring (bicyclic) bond motifs is 2. The summed E-state index contributed by atoms with van der Waals surface area (Å²) in [6.45, 7) is 2.71. The fraction of sp³-hybridized carbons (Fsp3) is 0.190. The summed E-state index contributed by atoms with van der Waals surface area (Å²) in [6.07, 6.45) is 5.19. The van der Waals surface area contributed by atoms with Crippen LogP contribution in [0.25, 0.3) is 21.9 Å². The molecule has 0 bridgehead atoms. The van der Waals surface area contributed by atoms with Crippen LogP contribution in [0.4, 0.5) is 5.69 Å². The fourth-order valence-electron chi connectivity index (χ4n) is 3.56. The molecule has 0 fully saturated rings. The summed E-state index contributed by atoms with van der Waals surface area (Å²) in [5.41, 5.74) is 2.43. The molecule has 0 N–H and O–H groups in total. The summed E-state index contributed by atoms with van der Waals surface area (Å²) in [5, 5.41) is 4.36. The first-order chi connectivity index (χ1) is 14.6. The Balaban J connectivity index is 1.72. The quantitative estimate of drug-likeness (QED) is 0.447. The van der Waals surface area contributed by atoms with E-state index in [1.807, 2.05) is 24.3 Å². The Bertz CT molecular complexity index is 1400. The van der Waals surface area contributed by atoms with Crippen LogP contribution in [0.3, 0.4) is 0 Å². The van der Waals surface area contributed by atoms with Gasteiger partial charge in [-0.25, -0.2) is 0 Å². The molecular weight excluding hydrogens is 466 g/mol. The molecule has 1 aliphatic heterocycles. The van der Waals surface area contributed by atoms with Crippen LogP contribution in [0.15, 0.2) is 52.0 Å². The van der Waals surface area contributed by atoms with Crippen LogP contribution in [-0.2, 0) is 4.79 Å². The normalized spacial score (nSPS) is 15.3. The molecule has 0 saturated heterocycles. The van der Waals surface area contributed by atoms with E-state index in [0.717, 1.165) is 34.1 Å². The van der Waals surface area contributed by atoms with E-state index in [9.17, 15) is 9.59 Å². The van der Waals surface area contributed by atoms with Gasteiger partial charge >= 0.3 is 0 Å². The number of hydrogen-bond donors (Lipinski definition) is 0. The first-order valence-corrected chi connectivity index (χ1v) is 11.2. The molecule has 30 heavy (non-hydrogen) atoms. The number of amides is 1. The molecule has 3 aromatic heterocycles. The molecule has 4 aromatic rings. The summed E-state index contributed by atoms with van der Waals surface area (Å²) in [4.78, 5) is 37.3. The third-order valence-corrected chi connectivity index (χ3v) is 6.54. The van der Waals surface area contributed by atoms with Gasteiger partial charge in [0, 0.05) is 34.5 Å². The van der Waals surface area contributed by atoms with Crippen molar-refractivity contribution in [2.75, 3.05) is 11.4 Å². The van der Waals surface area contributed by atoms with Crippen molar-refractivity contribution in [1.82, 2.24) is 19.6 Å². The van der Waals surface area contributed by atoms with Crippen molar-refractivity contribution in [3.8, 4) is 11.4 Å². The molecule has 0 aliphatic carbocycles. The molecule has 0 radical (unpaired) electrons. The van der Waals surface area contributed by atoms with Gasteiger partial charge in [0.25, 0.3) is 11.5 Å². The zero-order valence-electron chi connectivity index (χ0n) is 16.0. The molecule has 9 heteroatoms. The molecule has 0 spiro atoms. The third kappa shape index (κ3) is 2.96. The average Bonchev–Trinajstić information content (AvgIpc) is 3.38. The number of thiazole rings is 1. The summed E-state index contributed by atoms with van der Waals surface area (Å²) >= 11 is 4.68. The molecule has 4 heterocycles. The lowest BCUT2D eigenvalue weighted by Gasteiger charge is -2.16. The lowest BCUT2D eigenvalue weighted by molar-refractivity contribution is -0.113. The summed E-state index contributed by atoms with van der Waals surface area (Å²) < 4.78 is 2.50. The molecule has 1 aliphatic rings. The highest BCUT2D eigenvalue weighted by atomic mass is 79.9. The van der Waals surface area contributed by atoms with Crippen molar-refractivity contribution >= 4 is 49.4 Å². The van der Waals surface area contributed by atoms with Crippen LogP contribution < -0.4 is 15.0 Å². The van der Waals surface area contributed by atoms with Crippen LogP contribution in [0.1, 0.15) is 25.3 Å². The smallest absolute Gasteiger partial charge is 0.291 e. The largest absolute Gasteiger partial charge is 0.308 e. The molecule has 150 valence electrons. The Morgan fingerprint density at radius 1 is 1.20 bits per heavy atom. The van der Waals surface area contributed by atoms with Gasteiger partial charge in [0.05, 0.1) is 11.3 Å². The van der Waals surface area contributed by atoms with E-state index >= 15 is 0 Å². The summed E-state index contributed by atoms with van der Waals surface area (Å²) in [7, 11) is 0. The number of carbonyl (C=O) groups is 1. The lowest BCUT2D eigenvalue weighted by Crippen LogP contribution is -2.33. The van der Waals surface area contributed by atoms with Gasteiger partial charge < -0.3 is 4.90 Å². The van der Waals surface area contributed by atoms with Crippen molar-refractivity contribution in [3.05, 3.63) is 67.6 Å². The van der Waals surface area contributed by atoms with E-state index < -0.39 is 0 Å². The lowest BCUT2D eigenvalue weighted by atomic mass is 10.1. The van der Waals surface area contributed by atoms with Crippen LogP contribution in [0.2, 0.25) is 0 Å². The number of rotatable bonds is 4. The Morgan fingerprint density at radius 2 is 2.07 bits per heavy atom. The molecular formula is C21H16BrN5O2S. The van der Waals surface area contributed by atoms with Crippen LogP contribution in [0, 0.1) is 0 Å². The van der Waals surface area contributed by atoms with Gasteiger partial charge in [0.1, 0.15) is 4.53 Å². The van der Waals surface area contributed by atoms with Crippen LogP contribution in [-0.4, -0.2) is 32.0 Å². The predicted octanol–water partition coefficient (Wildman–Crippen LogP) is 3.04. The first kappa shape index (κ1) is 19.1. The van der Waals surface area contributed by atoms with E-state index in [4.69, 9.17) is 0 Å². The summed E-state index contributed by atoms with van der Waals surface area (Å²) in [5.74, 6) is 0.291. The number of unbranched alkanes of at least 4 members (excludes halogenated alkanes) is 1. The van der Waals surface area contributed by atoms with Gasteiger partial charge in [0.15, 0.2) is 5.82 Å². The predicted molar refractivity (Wildman–Crippen MR) is 119 cm³/mol. The maximum absolute atomic E-state index is 13.3. The van der Waals surface area contributed by atoms with Gasteiger partial charge in [-0.1, -0.05) is 40.6 Å². The molecule has 7 nitrogen and oxygen atoms in total.